The van der Waals surface area contributed by atoms with Crippen LogP contribution in [0.5, 0.6) is 0 Å². The summed E-state index contributed by atoms with van der Waals surface area (Å²) in [6.07, 6.45) is 3.92. The molecule has 1 saturated heterocycles. The Morgan fingerprint density at radius 1 is 1.38 bits per heavy atom. The van der Waals surface area contributed by atoms with Gasteiger partial charge in [-0.05, 0) is 11.5 Å². The monoisotopic (exact) mass is 215 g/mol. The van der Waals surface area contributed by atoms with Crippen LogP contribution in [0.25, 0.3) is 10.9 Å². The number of hydrogen-bond donors (Lipinski definition) is 1. The van der Waals surface area contributed by atoms with Crippen molar-refractivity contribution < 1.29 is 4.74 Å². The highest BCUT2D eigenvalue weighted by molar-refractivity contribution is 6.38. The smallest absolute Gasteiger partial charge is 0.153 e. The largest absolute Gasteiger partial charge is 0.378 e. The number of rotatable bonds is 1. The second kappa shape index (κ2) is 3.83. The highest BCUT2D eigenvalue weighted by Crippen LogP contribution is 2.21. The number of aromatic amines is 1. The van der Waals surface area contributed by atoms with E-state index in [1.54, 1.807) is 0 Å². The molecular formula is C11H14BN3O. The molecule has 2 aromatic rings. The van der Waals surface area contributed by atoms with Gasteiger partial charge in [-0.1, -0.05) is 5.46 Å². The van der Waals surface area contributed by atoms with Gasteiger partial charge in [-0.15, -0.1) is 0 Å². The Labute approximate surface area is 95.0 Å². The topological polar surface area (TPSA) is 41.2 Å². The molecule has 0 aromatic carbocycles. The van der Waals surface area contributed by atoms with Crippen LogP contribution in [0.3, 0.4) is 0 Å². The van der Waals surface area contributed by atoms with Crippen LogP contribution >= 0.6 is 0 Å². The first-order valence-electron chi connectivity index (χ1n) is 5.61. The number of aromatic nitrogens is 2. The Balaban J connectivity index is 2.08. The Hall–Kier alpha value is -1.49. The van der Waals surface area contributed by atoms with Gasteiger partial charge in [0.05, 0.1) is 18.7 Å². The Bertz CT molecular complexity index is 505. The fourth-order valence-corrected chi connectivity index (χ4v) is 2.19. The van der Waals surface area contributed by atoms with E-state index in [9.17, 15) is 0 Å². The van der Waals surface area contributed by atoms with Crippen molar-refractivity contribution in [3.05, 3.63) is 18.5 Å². The van der Waals surface area contributed by atoms with Crippen molar-refractivity contribution in [2.24, 2.45) is 0 Å². The van der Waals surface area contributed by atoms with E-state index >= 15 is 0 Å². The van der Waals surface area contributed by atoms with Gasteiger partial charge in [-0.2, -0.15) is 0 Å². The number of pyridine rings is 1. The standard InChI is InChI=1S/C11H14BN3O/c12-9-7-14-11(10-8(9)1-2-13-10)15-3-5-16-6-4-15/h1-2,7,13H,3-6,12H2. The van der Waals surface area contributed by atoms with E-state index in [0.29, 0.717) is 0 Å². The molecular weight excluding hydrogens is 201 g/mol. The quantitative estimate of drug-likeness (QED) is 0.661. The summed E-state index contributed by atoms with van der Waals surface area (Å²) in [6.45, 7) is 3.42. The van der Waals surface area contributed by atoms with Gasteiger partial charge in [0.1, 0.15) is 7.85 Å². The van der Waals surface area contributed by atoms with Crippen molar-refractivity contribution >= 4 is 30.0 Å². The maximum atomic E-state index is 5.36. The van der Waals surface area contributed by atoms with Crippen LogP contribution in [0.4, 0.5) is 5.82 Å². The van der Waals surface area contributed by atoms with Crippen LogP contribution in [-0.2, 0) is 4.74 Å². The van der Waals surface area contributed by atoms with Crippen molar-refractivity contribution in [2.45, 2.75) is 0 Å². The molecule has 82 valence electrons. The summed E-state index contributed by atoms with van der Waals surface area (Å²) < 4.78 is 5.36. The molecule has 0 aliphatic carbocycles. The summed E-state index contributed by atoms with van der Waals surface area (Å²) >= 11 is 0. The van der Waals surface area contributed by atoms with Crippen molar-refractivity contribution in [3.63, 3.8) is 0 Å². The van der Waals surface area contributed by atoms with E-state index in [0.717, 1.165) is 37.6 Å². The third-order valence-corrected chi connectivity index (χ3v) is 3.09. The molecule has 1 N–H and O–H groups in total. The first kappa shape index (κ1) is 9.72. The van der Waals surface area contributed by atoms with E-state index < -0.39 is 0 Å². The highest BCUT2D eigenvalue weighted by Gasteiger charge is 2.16. The molecule has 1 fully saturated rings. The molecule has 0 bridgehead atoms. The minimum Gasteiger partial charge on any atom is -0.378 e. The lowest BCUT2D eigenvalue weighted by Crippen LogP contribution is -2.37. The van der Waals surface area contributed by atoms with Crippen LogP contribution in [0.2, 0.25) is 0 Å². The SMILES string of the molecule is Bc1cnc(N2CCOCC2)c2[nH]ccc12. The summed E-state index contributed by atoms with van der Waals surface area (Å²) in [5.41, 5.74) is 2.36. The molecule has 3 rings (SSSR count). The molecule has 0 amide bonds. The molecule has 1 aliphatic rings. The molecule has 1 aliphatic heterocycles. The summed E-state index contributed by atoms with van der Waals surface area (Å²) in [4.78, 5) is 10.1. The number of morpholine rings is 1. The number of anilines is 1. The molecule has 0 unspecified atom stereocenters. The van der Waals surface area contributed by atoms with Crippen molar-refractivity contribution in [2.75, 3.05) is 31.2 Å². The molecule has 2 aromatic heterocycles. The van der Waals surface area contributed by atoms with Crippen LogP contribution in [0.15, 0.2) is 18.5 Å². The van der Waals surface area contributed by atoms with Gasteiger partial charge in [0.2, 0.25) is 0 Å². The predicted octanol–water partition coefficient (Wildman–Crippen LogP) is -0.342. The lowest BCUT2D eigenvalue weighted by molar-refractivity contribution is 0.122. The van der Waals surface area contributed by atoms with Gasteiger partial charge in [-0.25, -0.2) is 4.98 Å². The van der Waals surface area contributed by atoms with Crippen molar-refractivity contribution in [1.29, 1.82) is 0 Å². The molecule has 3 heterocycles. The number of H-pyrrole nitrogens is 1. The maximum Gasteiger partial charge on any atom is 0.153 e. The van der Waals surface area contributed by atoms with E-state index in [1.807, 2.05) is 12.4 Å². The van der Waals surface area contributed by atoms with Crippen LogP contribution in [0, 0.1) is 0 Å². The molecule has 16 heavy (non-hydrogen) atoms. The molecule has 0 saturated carbocycles. The third kappa shape index (κ3) is 1.48. The zero-order valence-corrected chi connectivity index (χ0v) is 9.36. The molecule has 4 nitrogen and oxygen atoms in total. The van der Waals surface area contributed by atoms with E-state index in [2.05, 4.69) is 28.8 Å². The Kier molecular flexibility index (Phi) is 2.33. The van der Waals surface area contributed by atoms with E-state index in [4.69, 9.17) is 4.74 Å². The second-order valence-electron chi connectivity index (χ2n) is 4.13. The predicted molar refractivity (Wildman–Crippen MR) is 67.3 cm³/mol. The Morgan fingerprint density at radius 3 is 3.00 bits per heavy atom. The van der Waals surface area contributed by atoms with E-state index in [1.165, 1.54) is 10.8 Å². The van der Waals surface area contributed by atoms with Crippen LogP contribution in [0.1, 0.15) is 0 Å². The van der Waals surface area contributed by atoms with Gasteiger partial charge in [0, 0.05) is 25.5 Å². The average Bonchev–Trinajstić information content (AvgIpc) is 2.81. The van der Waals surface area contributed by atoms with Crippen molar-refractivity contribution in [3.8, 4) is 0 Å². The second-order valence-corrected chi connectivity index (χ2v) is 4.13. The maximum absolute atomic E-state index is 5.36. The highest BCUT2D eigenvalue weighted by atomic mass is 16.5. The normalized spacial score (nSPS) is 16.9. The van der Waals surface area contributed by atoms with Crippen LogP contribution < -0.4 is 10.4 Å². The lowest BCUT2D eigenvalue weighted by atomic mass is 9.95. The van der Waals surface area contributed by atoms with Gasteiger partial charge >= 0.3 is 0 Å². The number of nitrogens with zero attached hydrogens (tertiary/aromatic N) is 2. The number of ether oxygens (including phenoxy) is 1. The van der Waals surface area contributed by atoms with Gasteiger partial charge < -0.3 is 14.6 Å². The summed E-state index contributed by atoms with van der Waals surface area (Å²) in [7, 11) is 2.09. The summed E-state index contributed by atoms with van der Waals surface area (Å²) in [5.74, 6) is 1.05. The summed E-state index contributed by atoms with van der Waals surface area (Å²) in [5, 5.41) is 1.26. The number of fused-ring (bicyclic) bond motifs is 1. The van der Waals surface area contributed by atoms with Gasteiger partial charge in [0.25, 0.3) is 0 Å². The molecule has 5 heteroatoms. The third-order valence-electron chi connectivity index (χ3n) is 3.09. The van der Waals surface area contributed by atoms with Crippen molar-refractivity contribution in [1.82, 2.24) is 9.97 Å². The fourth-order valence-electron chi connectivity index (χ4n) is 2.19. The number of nitrogens with one attached hydrogen (secondary N) is 1. The minimum atomic E-state index is 0.789. The number of hydrogen-bond acceptors (Lipinski definition) is 3. The van der Waals surface area contributed by atoms with Gasteiger partial charge in [-0.3, -0.25) is 0 Å². The average molecular weight is 215 g/mol. The molecule has 0 radical (unpaired) electrons. The van der Waals surface area contributed by atoms with Gasteiger partial charge in [0.15, 0.2) is 5.82 Å². The zero-order valence-electron chi connectivity index (χ0n) is 9.36. The lowest BCUT2D eigenvalue weighted by Gasteiger charge is -2.28. The minimum absolute atomic E-state index is 0.789. The van der Waals surface area contributed by atoms with Crippen LogP contribution in [-0.4, -0.2) is 44.1 Å². The first-order chi connectivity index (χ1) is 7.86. The van der Waals surface area contributed by atoms with E-state index in [-0.39, 0.29) is 0 Å². The summed E-state index contributed by atoms with van der Waals surface area (Å²) in [6, 6.07) is 2.11. The molecule has 0 atom stereocenters. The Morgan fingerprint density at radius 2 is 2.19 bits per heavy atom. The zero-order chi connectivity index (χ0) is 11.0. The first-order valence-corrected chi connectivity index (χ1v) is 5.61. The molecule has 0 spiro atoms. The fraction of sp³-hybridized carbons (Fsp3) is 0.364.